The Morgan fingerprint density at radius 1 is 1.44 bits per heavy atom. The molecule has 2 atom stereocenters. The average Bonchev–Trinajstić information content (AvgIpc) is 2.69. The lowest BCUT2D eigenvalue weighted by molar-refractivity contribution is -0.147. The molecule has 90 valence electrons. The Balaban J connectivity index is 2.83. The van der Waals surface area contributed by atoms with E-state index in [1.807, 2.05) is 0 Å². The van der Waals surface area contributed by atoms with Gasteiger partial charge in [-0.15, -0.1) is 6.58 Å². The highest BCUT2D eigenvalue weighted by molar-refractivity contribution is 5.84. The van der Waals surface area contributed by atoms with E-state index in [4.69, 9.17) is 0 Å². The molecule has 1 N–H and O–H groups in total. The third-order valence-corrected chi connectivity index (χ3v) is 3.55. The first-order valence-corrected chi connectivity index (χ1v) is 5.92. The zero-order valence-corrected chi connectivity index (χ0v) is 9.82. The van der Waals surface area contributed by atoms with Gasteiger partial charge in [-0.3, -0.25) is 9.59 Å². The third-order valence-electron chi connectivity index (χ3n) is 3.55. The Labute approximate surface area is 96.5 Å². The predicted octanol–water partition coefficient (Wildman–Crippen LogP) is 2.66. The Morgan fingerprint density at radius 2 is 2.00 bits per heavy atom. The number of rotatable bonds is 6. The summed E-state index contributed by atoms with van der Waals surface area (Å²) >= 11 is 0. The number of ketones is 1. The van der Waals surface area contributed by atoms with Gasteiger partial charge in [0, 0.05) is 5.92 Å². The molecule has 1 rings (SSSR count). The van der Waals surface area contributed by atoms with Gasteiger partial charge >= 0.3 is 5.97 Å². The fraction of sp³-hybridized carbons (Fsp3) is 0.692. The van der Waals surface area contributed by atoms with Gasteiger partial charge in [0.1, 0.15) is 5.78 Å². The molecule has 3 heteroatoms. The second-order valence-electron chi connectivity index (χ2n) is 4.65. The minimum atomic E-state index is -0.869. The van der Waals surface area contributed by atoms with Crippen molar-refractivity contribution in [1.82, 2.24) is 0 Å². The van der Waals surface area contributed by atoms with Gasteiger partial charge in [-0.2, -0.15) is 0 Å². The number of carboxylic acids is 1. The van der Waals surface area contributed by atoms with E-state index in [-0.39, 0.29) is 17.6 Å². The minimum absolute atomic E-state index is 0.0150. The number of allylic oxidation sites excluding steroid dienone is 1. The highest BCUT2D eigenvalue weighted by Gasteiger charge is 2.37. The summed E-state index contributed by atoms with van der Waals surface area (Å²) in [5.41, 5.74) is 0. The van der Waals surface area contributed by atoms with Gasteiger partial charge in [-0.1, -0.05) is 18.9 Å². The van der Waals surface area contributed by atoms with Crippen molar-refractivity contribution >= 4 is 11.8 Å². The largest absolute Gasteiger partial charge is 0.481 e. The van der Waals surface area contributed by atoms with Crippen molar-refractivity contribution in [3.63, 3.8) is 0 Å². The number of carboxylic acid groups (broad SMARTS) is 1. The molecule has 1 fully saturated rings. The van der Waals surface area contributed by atoms with Crippen molar-refractivity contribution < 1.29 is 14.7 Å². The van der Waals surface area contributed by atoms with Gasteiger partial charge in [-0.25, -0.2) is 0 Å². The molecular weight excluding hydrogens is 204 g/mol. The first-order chi connectivity index (χ1) is 7.57. The lowest BCUT2D eigenvalue weighted by Crippen LogP contribution is -2.33. The molecule has 1 aliphatic rings. The van der Waals surface area contributed by atoms with E-state index >= 15 is 0 Å². The van der Waals surface area contributed by atoms with Crippen LogP contribution in [-0.2, 0) is 9.59 Å². The average molecular weight is 224 g/mol. The summed E-state index contributed by atoms with van der Waals surface area (Å²) in [7, 11) is 0. The van der Waals surface area contributed by atoms with Crippen molar-refractivity contribution in [3.8, 4) is 0 Å². The second-order valence-corrected chi connectivity index (χ2v) is 4.65. The molecule has 0 unspecified atom stereocenters. The van der Waals surface area contributed by atoms with Crippen LogP contribution in [0, 0.1) is 17.8 Å². The van der Waals surface area contributed by atoms with E-state index in [0.717, 1.165) is 25.7 Å². The molecule has 3 nitrogen and oxygen atoms in total. The van der Waals surface area contributed by atoms with Gasteiger partial charge in [0.25, 0.3) is 0 Å². The van der Waals surface area contributed by atoms with Crippen molar-refractivity contribution in [2.45, 2.75) is 39.0 Å². The van der Waals surface area contributed by atoms with E-state index in [1.54, 1.807) is 6.08 Å². The van der Waals surface area contributed by atoms with Gasteiger partial charge in [0.05, 0.1) is 5.92 Å². The van der Waals surface area contributed by atoms with E-state index in [9.17, 15) is 14.7 Å². The van der Waals surface area contributed by atoms with Crippen LogP contribution in [0.3, 0.4) is 0 Å². The Bertz CT molecular complexity index is 277. The second kappa shape index (κ2) is 5.83. The van der Waals surface area contributed by atoms with Crippen LogP contribution in [0.15, 0.2) is 12.7 Å². The van der Waals surface area contributed by atoms with E-state index < -0.39 is 11.9 Å². The quantitative estimate of drug-likeness (QED) is 0.706. The van der Waals surface area contributed by atoms with Crippen molar-refractivity contribution in [2.24, 2.45) is 17.8 Å². The van der Waals surface area contributed by atoms with Crippen LogP contribution >= 0.6 is 0 Å². The van der Waals surface area contributed by atoms with Gasteiger partial charge < -0.3 is 5.11 Å². The molecule has 0 aliphatic heterocycles. The van der Waals surface area contributed by atoms with Crippen LogP contribution in [0.1, 0.15) is 39.0 Å². The van der Waals surface area contributed by atoms with E-state index in [1.165, 1.54) is 6.92 Å². The summed E-state index contributed by atoms with van der Waals surface area (Å²) in [6.07, 6.45) is 6.21. The Kier molecular flexibility index (Phi) is 4.71. The summed E-state index contributed by atoms with van der Waals surface area (Å²) < 4.78 is 0. The summed E-state index contributed by atoms with van der Waals surface area (Å²) in [5.74, 6) is -1.50. The fourth-order valence-corrected chi connectivity index (χ4v) is 2.84. The molecule has 0 saturated heterocycles. The van der Waals surface area contributed by atoms with Crippen molar-refractivity contribution in [1.29, 1.82) is 0 Å². The zero-order chi connectivity index (χ0) is 12.1. The van der Waals surface area contributed by atoms with E-state index in [2.05, 4.69) is 6.58 Å². The molecule has 1 saturated carbocycles. The predicted molar refractivity (Wildman–Crippen MR) is 62.1 cm³/mol. The minimum Gasteiger partial charge on any atom is -0.481 e. The molecule has 0 heterocycles. The first-order valence-electron chi connectivity index (χ1n) is 5.92. The number of aliphatic carboxylic acids is 1. The lowest BCUT2D eigenvalue weighted by Gasteiger charge is -2.26. The highest BCUT2D eigenvalue weighted by atomic mass is 16.4. The summed E-state index contributed by atoms with van der Waals surface area (Å²) in [6, 6.07) is 0. The van der Waals surface area contributed by atoms with Gasteiger partial charge in [-0.05, 0) is 32.1 Å². The number of hydrogen-bond acceptors (Lipinski definition) is 2. The fourth-order valence-electron chi connectivity index (χ4n) is 2.84. The topological polar surface area (TPSA) is 54.4 Å². The lowest BCUT2D eigenvalue weighted by atomic mass is 9.76. The summed E-state index contributed by atoms with van der Waals surface area (Å²) in [5, 5.41) is 9.18. The monoisotopic (exact) mass is 224 g/mol. The number of Topliss-reactive ketones (excluding diaryl/α,β-unsaturated/α-hetero) is 1. The molecule has 16 heavy (non-hydrogen) atoms. The van der Waals surface area contributed by atoms with Crippen LogP contribution in [0.5, 0.6) is 0 Å². The van der Waals surface area contributed by atoms with Gasteiger partial charge in [0.15, 0.2) is 0 Å². The molecule has 0 aromatic carbocycles. The molecule has 0 spiro atoms. The number of carbonyl (C=O) groups is 2. The SMILES string of the molecule is C=CC[C@@H](C(=O)O)[C@@H](C(C)=O)C1CCCC1. The maximum atomic E-state index is 11.7. The van der Waals surface area contributed by atoms with Gasteiger partial charge in [0.2, 0.25) is 0 Å². The normalized spacial score (nSPS) is 20.3. The number of hydrogen-bond donors (Lipinski definition) is 1. The molecule has 0 amide bonds. The standard InChI is InChI=1S/C13H20O3/c1-3-6-11(13(15)16)12(9(2)14)10-7-4-5-8-10/h3,10-12H,1,4-8H2,2H3,(H,15,16)/t11-,12+/m1/s1. The highest BCUT2D eigenvalue weighted by Crippen LogP contribution is 2.37. The summed E-state index contributed by atoms with van der Waals surface area (Å²) in [6.45, 7) is 5.09. The molecule has 0 aromatic rings. The van der Waals surface area contributed by atoms with E-state index in [0.29, 0.717) is 6.42 Å². The van der Waals surface area contributed by atoms with Crippen LogP contribution in [0.25, 0.3) is 0 Å². The molecule has 0 bridgehead atoms. The first kappa shape index (κ1) is 12.9. The molecule has 0 radical (unpaired) electrons. The molecule has 0 aromatic heterocycles. The Morgan fingerprint density at radius 3 is 2.38 bits per heavy atom. The molecule has 1 aliphatic carbocycles. The number of carbonyl (C=O) groups excluding carboxylic acids is 1. The maximum absolute atomic E-state index is 11.7. The third kappa shape index (κ3) is 2.94. The maximum Gasteiger partial charge on any atom is 0.307 e. The molecular formula is C13H20O3. The van der Waals surface area contributed by atoms with Crippen LogP contribution in [0.4, 0.5) is 0 Å². The Hall–Kier alpha value is -1.12. The smallest absolute Gasteiger partial charge is 0.307 e. The van der Waals surface area contributed by atoms with Crippen molar-refractivity contribution in [2.75, 3.05) is 0 Å². The van der Waals surface area contributed by atoms with Crippen LogP contribution in [0.2, 0.25) is 0 Å². The van der Waals surface area contributed by atoms with Crippen LogP contribution < -0.4 is 0 Å². The zero-order valence-electron chi connectivity index (χ0n) is 9.82. The summed E-state index contributed by atoms with van der Waals surface area (Å²) in [4.78, 5) is 22.8. The van der Waals surface area contributed by atoms with Crippen LogP contribution in [-0.4, -0.2) is 16.9 Å². The van der Waals surface area contributed by atoms with Crippen molar-refractivity contribution in [3.05, 3.63) is 12.7 Å².